The minimum atomic E-state index is 0.512. The number of hydrogen-bond donors (Lipinski definition) is 2. The molecule has 0 fully saturated rings. The minimum absolute atomic E-state index is 0.512. The first kappa shape index (κ1) is 17.0. The molecule has 0 radical (unpaired) electrons. The highest BCUT2D eigenvalue weighted by Crippen LogP contribution is 2.19. The molecule has 2 aromatic rings. The van der Waals surface area contributed by atoms with Crippen molar-refractivity contribution < 1.29 is 0 Å². The van der Waals surface area contributed by atoms with Gasteiger partial charge in [0.2, 0.25) is 0 Å². The zero-order valence-corrected chi connectivity index (χ0v) is 15.1. The Bertz CT molecular complexity index is 573. The number of nitrogens with zero attached hydrogens (tertiary/aromatic N) is 2. The average Bonchev–Trinajstić information content (AvgIpc) is 3.17. The molecule has 0 spiro atoms. The van der Waals surface area contributed by atoms with Gasteiger partial charge in [-0.2, -0.15) is 0 Å². The highest BCUT2D eigenvalue weighted by Gasteiger charge is 2.06. The van der Waals surface area contributed by atoms with E-state index in [2.05, 4.69) is 57.4 Å². The van der Waals surface area contributed by atoms with Crippen molar-refractivity contribution in [3.63, 3.8) is 0 Å². The Morgan fingerprint density at radius 3 is 2.59 bits per heavy atom. The number of thiophene rings is 1. The molecule has 2 N–H and O–H groups in total. The molecule has 0 aliphatic heterocycles. The van der Waals surface area contributed by atoms with Crippen LogP contribution < -0.4 is 10.6 Å². The maximum Gasteiger partial charge on any atom is 0.191 e. The van der Waals surface area contributed by atoms with Gasteiger partial charge < -0.3 is 10.6 Å². The van der Waals surface area contributed by atoms with Gasteiger partial charge in [-0.15, -0.1) is 22.7 Å². The highest BCUT2D eigenvalue weighted by atomic mass is 32.1. The molecule has 0 atom stereocenters. The van der Waals surface area contributed by atoms with Crippen molar-refractivity contribution in [1.29, 1.82) is 0 Å². The minimum Gasteiger partial charge on any atom is -0.356 e. The highest BCUT2D eigenvalue weighted by molar-refractivity contribution is 7.10. The zero-order valence-electron chi connectivity index (χ0n) is 13.4. The summed E-state index contributed by atoms with van der Waals surface area (Å²) in [4.78, 5) is 10.3. The lowest BCUT2D eigenvalue weighted by atomic mass is 10.2. The molecule has 6 heteroatoms. The van der Waals surface area contributed by atoms with Crippen LogP contribution in [0, 0.1) is 0 Å². The van der Waals surface area contributed by atoms with Crippen LogP contribution in [0.25, 0.3) is 0 Å². The smallest absolute Gasteiger partial charge is 0.191 e. The van der Waals surface area contributed by atoms with Crippen LogP contribution in [0.4, 0.5) is 0 Å². The summed E-state index contributed by atoms with van der Waals surface area (Å²) in [6.45, 7) is 6.11. The van der Waals surface area contributed by atoms with Crippen molar-refractivity contribution in [2.24, 2.45) is 4.99 Å². The molecule has 0 unspecified atom stereocenters. The Labute approximate surface area is 140 Å². The standard InChI is InChI=1S/C16H24N4S2/c1-12(2)15-20-13(11-22-15)6-8-18-16(17-3)19-9-7-14-5-4-10-21-14/h4-5,10-12H,6-9H2,1-3H3,(H2,17,18,19). The monoisotopic (exact) mass is 336 g/mol. The lowest BCUT2D eigenvalue weighted by Crippen LogP contribution is -2.39. The predicted octanol–water partition coefficient (Wildman–Crippen LogP) is 3.28. The molecule has 2 rings (SSSR count). The third-order valence-electron chi connectivity index (χ3n) is 3.20. The zero-order chi connectivity index (χ0) is 15.8. The second-order valence-electron chi connectivity index (χ2n) is 5.34. The fraction of sp³-hybridized carbons (Fsp3) is 0.500. The molecule has 0 amide bonds. The van der Waals surface area contributed by atoms with Crippen molar-refractivity contribution in [2.45, 2.75) is 32.6 Å². The Hall–Kier alpha value is -1.40. The van der Waals surface area contributed by atoms with Crippen molar-refractivity contribution in [2.75, 3.05) is 20.1 Å². The van der Waals surface area contributed by atoms with Crippen LogP contribution >= 0.6 is 22.7 Å². The van der Waals surface area contributed by atoms with Crippen LogP contribution in [0.1, 0.15) is 35.3 Å². The summed E-state index contributed by atoms with van der Waals surface area (Å²) in [6, 6.07) is 4.25. The van der Waals surface area contributed by atoms with Crippen LogP contribution in [-0.2, 0) is 12.8 Å². The Balaban J connectivity index is 1.67. The van der Waals surface area contributed by atoms with E-state index in [4.69, 9.17) is 0 Å². The number of thiazole rings is 1. The van der Waals surface area contributed by atoms with E-state index in [9.17, 15) is 0 Å². The molecule has 4 nitrogen and oxygen atoms in total. The van der Waals surface area contributed by atoms with Gasteiger partial charge in [0, 0.05) is 42.7 Å². The van der Waals surface area contributed by atoms with Gasteiger partial charge in [-0.3, -0.25) is 4.99 Å². The SMILES string of the molecule is CN=C(NCCc1csc(C(C)C)n1)NCCc1cccs1. The second-order valence-corrected chi connectivity index (χ2v) is 7.26. The number of aliphatic imine (C=N–C) groups is 1. The van der Waals surface area contributed by atoms with Crippen LogP contribution in [0.3, 0.4) is 0 Å². The molecule has 0 bridgehead atoms. The summed E-state index contributed by atoms with van der Waals surface area (Å²) in [5.41, 5.74) is 1.16. The van der Waals surface area contributed by atoms with Gasteiger partial charge in [0.25, 0.3) is 0 Å². The lowest BCUT2D eigenvalue weighted by Gasteiger charge is -2.10. The summed E-state index contributed by atoms with van der Waals surface area (Å²) in [5, 5.41) is 12.2. The molecular formula is C16H24N4S2. The van der Waals surface area contributed by atoms with Crippen molar-refractivity contribution >= 4 is 28.6 Å². The van der Waals surface area contributed by atoms with E-state index < -0.39 is 0 Å². The molecular weight excluding hydrogens is 312 g/mol. The number of nitrogens with one attached hydrogen (secondary N) is 2. The first-order valence-corrected chi connectivity index (χ1v) is 9.36. The second kappa shape index (κ2) is 8.90. The Kier molecular flexibility index (Phi) is 6.86. The molecule has 2 aromatic heterocycles. The lowest BCUT2D eigenvalue weighted by molar-refractivity contribution is 0.773. The molecule has 0 saturated carbocycles. The number of aromatic nitrogens is 1. The van der Waals surface area contributed by atoms with E-state index in [-0.39, 0.29) is 0 Å². The molecule has 0 saturated heterocycles. The largest absolute Gasteiger partial charge is 0.356 e. The van der Waals surface area contributed by atoms with Crippen LogP contribution in [-0.4, -0.2) is 31.1 Å². The van der Waals surface area contributed by atoms with E-state index in [0.717, 1.165) is 37.6 Å². The van der Waals surface area contributed by atoms with Crippen LogP contribution in [0.5, 0.6) is 0 Å². The molecule has 0 aromatic carbocycles. The van der Waals surface area contributed by atoms with Gasteiger partial charge in [-0.1, -0.05) is 19.9 Å². The van der Waals surface area contributed by atoms with E-state index in [0.29, 0.717) is 5.92 Å². The number of hydrogen-bond acceptors (Lipinski definition) is 4. The third kappa shape index (κ3) is 5.42. The molecule has 2 heterocycles. The number of guanidine groups is 1. The van der Waals surface area contributed by atoms with Crippen LogP contribution in [0.2, 0.25) is 0 Å². The quantitative estimate of drug-likeness (QED) is 0.602. The van der Waals surface area contributed by atoms with E-state index in [1.54, 1.807) is 29.7 Å². The topological polar surface area (TPSA) is 49.3 Å². The fourth-order valence-corrected chi connectivity index (χ4v) is 3.57. The van der Waals surface area contributed by atoms with Gasteiger partial charge in [0.05, 0.1) is 10.7 Å². The first-order chi connectivity index (χ1) is 10.7. The van der Waals surface area contributed by atoms with Gasteiger partial charge in [-0.05, 0) is 17.9 Å². The van der Waals surface area contributed by atoms with Crippen LogP contribution in [0.15, 0.2) is 27.9 Å². The van der Waals surface area contributed by atoms with E-state index in [1.165, 1.54) is 9.88 Å². The fourth-order valence-electron chi connectivity index (χ4n) is 1.99. The molecule has 0 aliphatic carbocycles. The van der Waals surface area contributed by atoms with Gasteiger partial charge >= 0.3 is 0 Å². The summed E-state index contributed by atoms with van der Waals surface area (Å²) in [7, 11) is 1.81. The van der Waals surface area contributed by atoms with Gasteiger partial charge in [-0.25, -0.2) is 4.98 Å². The van der Waals surface area contributed by atoms with E-state index >= 15 is 0 Å². The third-order valence-corrected chi connectivity index (χ3v) is 5.33. The van der Waals surface area contributed by atoms with Gasteiger partial charge in [0.1, 0.15) is 0 Å². The normalized spacial score (nSPS) is 11.9. The summed E-state index contributed by atoms with van der Waals surface area (Å²) in [5.74, 6) is 1.37. The molecule has 0 aliphatic rings. The first-order valence-electron chi connectivity index (χ1n) is 7.60. The Morgan fingerprint density at radius 2 is 2.00 bits per heavy atom. The molecule has 22 heavy (non-hydrogen) atoms. The van der Waals surface area contributed by atoms with Crippen molar-refractivity contribution in [1.82, 2.24) is 15.6 Å². The number of rotatable bonds is 7. The Morgan fingerprint density at radius 1 is 1.23 bits per heavy atom. The maximum atomic E-state index is 4.65. The van der Waals surface area contributed by atoms with Gasteiger partial charge in [0.15, 0.2) is 5.96 Å². The van der Waals surface area contributed by atoms with E-state index in [1.807, 2.05) is 0 Å². The van der Waals surface area contributed by atoms with Crippen molar-refractivity contribution in [3.05, 3.63) is 38.5 Å². The summed E-state index contributed by atoms with van der Waals surface area (Å²) >= 11 is 3.55. The molecule has 120 valence electrons. The van der Waals surface area contributed by atoms with Crippen molar-refractivity contribution in [3.8, 4) is 0 Å². The summed E-state index contributed by atoms with van der Waals surface area (Å²) < 4.78 is 0. The summed E-state index contributed by atoms with van der Waals surface area (Å²) in [6.07, 6.45) is 1.96. The average molecular weight is 337 g/mol. The maximum absolute atomic E-state index is 4.65. The predicted molar refractivity (Wildman–Crippen MR) is 97.3 cm³/mol.